The third-order valence-electron chi connectivity index (χ3n) is 2.93. The Balaban J connectivity index is 2.72. The van der Waals surface area contributed by atoms with E-state index in [-0.39, 0.29) is 0 Å². The minimum atomic E-state index is -1.18. The van der Waals surface area contributed by atoms with Gasteiger partial charge in [0.15, 0.2) is 6.04 Å². The zero-order valence-corrected chi connectivity index (χ0v) is 14.8. The first-order chi connectivity index (χ1) is 11.1. The smallest absolute Gasteiger partial charge is 0.408 e. The van der Waals surface area contributed by atoms with Crippen molar-refractivity contribution in [2.24, 2.45) is 0 Å². The lowest BCUT2D eigenvalue weighted by Crippen LogP contribution is -2.38. The fourth-order valence-electron chi connectivity index (χ4n) is 1.82. The van der Waals surface area contributed by atoms with Crippen molar-refractivity contribution in [3.05, 3.63) is 29.8 Å². The molecule has 0 fully saturated rings. The highest BCUT2D eigenvalue weighted by Crippen LogP contribution is 2.19. The van der Waals surface area contributed by atoms with Crippen molar-refractivity contribution >= 4 is 12.1 Å². The van der Waals surface area contributed by atoms with Gasteiger partial charge in [0, 0.05) is 6.54 Å². The molecule has 0 aliphatic heterocycles. The van der Waals surface area contributed by atoms with Gasteiger partial charge in [-0.3, -0.25) is 0 Å². The average Bonchev–Trinajstić information content (AvgIpc) is 2.43. The van der Waals surface area contributed by atoms with Gasteiger partial charge in [0.1, 0.15) is 18.0 Å². The first kappa shape index (κ1) is 19.8. The quantitative estimate of drug-likeness (QED) is 0.793. The second-order valence-corrected chi connectivity index (χ2v) is 6.64. The number of ether oxygens (including phenoxy) is 2. The molecule has 1 amide bonds. The number of amides is 1. The molecule has 134 valence electrons. The molecule has 0 heterocycles. The molecule has 0 aliphatic carbocycles. The molecular formula is C17H26N2O5. The topological polar surface area (TPSA) is 88.1 Å². The molecule has 2 N–H and O–H groups in total. The Hall–Kier alpha value is -2.28. The number of carboxylic acids is 1. The summed E-state index contributed by atoms with van der Waals surface area (Å²) in [4.78, 5) is 25.2. The lowest BCUT2D eigenvalue weighted by molar-refractivity contribution is -0.139. The first-order valence-electron chi connectivity index (χ1n) is 7.68. The number of hydrogen-bond acceptors (Lipinski definition) is 5. The maximum Gasteiger partial charge on any atom is 0.408 e. The molecule has 0 saturated carbocycles. The van der Waals surface area contributed by atoms with E-state index in [9.17, 15) is 14.7 Å². The Kier molecular flexibility index (Phi) is 7.03. The summed E-state index contributed by atoms with van der Waals surface area (Å²) in [7, 11) is 3.90. The zero-order valence-electron chi connectivity index (χ0n) is 14.8. The average molecular weight is 338 g/mol. The van der Waals surface area contributed by atoms with Crippen LogP contribution in [0.3, 0.4) is 0 Å². The fourth-order valence-corrected chi connectivity index (χ4v) is 1.82. The van der Waals surface area contributed by atoms with E-state index in [1.54, 1.807) is 45.0 Å². The van der Waals surface area contributed by atoms with Crippen LogP contribution in [0.25, 0.3) is 0 Å². The Morgan fingerprint density at radius 3 is 2.25 bits per heavy atom. The standard InChI is InChI=1S/C17H26N2O5/c1-17(2,3)24-16(22)18-14(15(20)21)12-6-8-13(9-7-12)23-11-10-19(4)5/h6-9,14H,10-11H2,1-5H3,(H,18,22)(H,20,21). The van der Waals surface area contributed by atoms with Gasteiger partial charge in [-0.2, -0.15) is 0 Å². The lowest BCUT2D eigenvalue weighted by Gasteiger charge is -2.22. The molecule has 0 radical (unpaired) electrons. The Bertz CT molecular complexity index is 549. The first-order valence-corrected chi connectivity index (χ1v) is 7.68. The summed E-state index contributed by atoms with van der Waals surface area (Å²) in [6.45, 7) is 6.44. The Labute approximate surface area is 142 Å². The molecule has 1 aromatic carbocycles. The van der Waals surface area contributed by atoms with Crippen LogP contribution in [-0.2, 0) is 9.53 Å². The van der Waals surface area contributed by atoms with Crippen LogP contribution < -0.4 is 10.1 Å². The van der Waals surface area contributed by atoms with Crippen LogP contribution in [0.15, 0.2) is 24.3 Å². The summed E-state index contributed by atoms with van der Waals surface area (Å²) in [5.41, 5.74) is -0.259. The largest absolute Gasteiger partial charge is 0.492 e. The van der Waals surface area contributed by atoms with E-state index in [2.05, 4.69) is 5.32 Å². The van der Waals surface area contributed by atoms with Crippen LogP contribution in [0.5, 0.6) is 5.75 Å². The van der Waals surface area contributed by atoms with Crippen molar-refractivity contribution in [3.8, 4) is 5.75 Å². The predicted octanol–water partition coefficient (Wildman–Crippen LogP) is 2.28. The normalized spacial score (nSPS) is 12.6. The second-order valence-electron chi connectivity index (χ2n) is 6.64. The van der Waals surface area contributed by atoms with Crippen LogP contribution in [-0.4, -0.2) is 54.9 Å². The molecule has 0 aliphatic rings. The number of carboxylic acid groups (broad SMARTS) is 1. The minimum absolute atomic E-state index is 0.438. The van der Waals surface area contributed by atoms with Crippen molar-refractivity contribution in [1.29, 1.82) is 0 Å². The van der Waals surface area contributed by atoms with Gasteiger partial charge < -0.3 is 24.8 Å². The van der Waals surface area contributed by atoms with Crippen molar-refractivity contribution in [3.63, 3.8) is 0 Å². The predicted molar refractivity (Wildman–Crippen MR) is 90.2 cm³/mol. The number of hydrogen-bond donors (Lipinski definition) is 2. The molecule has 0 spiro atoms. The summed E-state index contributed by atoms with van der Waals surface area (Å²) >= 11 is 0. The third kappa shape index (κ3) is 7.32. The summed E-state index contributed by atoms with van der Waals surface area (Å²) in [5.74, 6) is -0.524. The van der Waals surface area contributed by atoms with Gasteiger partial charge in [0.2, 0.25) is 0 Å². The minimum Gasteiger partial charge on any atom is -0.492 e. The number of rotatable bonds is 7. The molecule has 24 heavy (non-hydrogen) atoms. The third-order valence-corrected chi connectivity index (χ3v) is 2.93. The SMILES string of the molecule is CN(C)CCOc1ccc(C(NC(=O)OC(C)(C)C)C(=O)O)cc1. The zero-order chi connectivity index (χ0) is 18.3. The molecular weight excluding hydrogens is 312 g/mol. The van der Waals surface area contributed by atoms with Crippen molar-refractivity contribution < 1.29 is 24.2 Å². The van der Waals surface area contributed by atoms with Gasteiger partial charge in [-0.15, -0.1) is 0 Å². The van der Waals surface area contributed by atoms with E-state index in [0.717, 1.165) is 6.54 Å². The number of aliphatic carboxylic acids is 1. The maximum absolute atomic E-state index is 11.8. The van der Waals surface area contributed by atoms with Gasteiger partial charge in [0.25, 0.3) is 0 Å². The Morgan fingerprint density at radius 1 is 1.21 bits per heavy atom. The number of alkyl carbamates (subject to hydrolysis) is 1. The summed E-state index contributed by atoms with van der Waals surface area (Å²) in [5, 5.41) is 11.7. The van der Waals surface area contributed by atoms with Gasteiger partial charge in [-0.05, 0) is 52.6 Å². The number of carbonyl (C=O) groups excluding carboxylic acids is 1. The van der Waals surface area contributed by atoms with E-state index in [1.807, 2.05) is 19.0 Å². The molecule has 7 heteroatoms. The highest BCUT2D eigenvalue weighted by Gasteiger charge is 2.25. The monoisotopic (exact) mass is 338 g/mol. The fraction of sp³-hybridized carbons (Fsp3) is 0.529. The molecule has 0 saturated heterocycles. The second kappa shape index (κ2) is 8.54. The van der Waals surface area contributed by atoms with Gasteiger partial charge >= 0.3 is 12.1 Å². The lowest BCUT2D eigenvalue weighted by atomic mass is 10.1. The number of likely N-dealkylation sites (N-methyl/N-ethyl adjacent to an activating group) is 1. The molecule has 7 nitrogen and oxygen atoms in total. The van der Waals surface area contributed by atoms with Crippen LogP contribution in [0, 0.1) is 0 Å². The van der Waals surface area contributed by atoms with E-state index >= 15 is 0 Å². The van der Waals surface area contributed by atoms with Crippen molar-refractivity contribution in [2.45, 2.75) is 32.4 Å². The summed E-state index contributed by atoms with van der Waals surface area (Å²) in [6.07, 6.45) is -0.777. The molecule has 1 rings (SSSR count). The van der Waals surface area contributed by atoms with Crippen molar-refractivity contribution in [1.82, 2.24) is 10.2 Å². The highest BCUT2D eigenvalue weighted by atomic mass is 16.6. The van der Waals surface area contributed by atoms with Crippen LogP contribution in [0.1, 0.15) is 32.4 Å². The molecule has 0 aromatic heterocycles. The number of carbonyl (C=O) groups is 2. The molecule has 1 unspecified atom stereocenters. The van der Waals surface area contributed by atoms with Crippen LogP contribution in [0.4, 0.5) is 4.79 Å². The van der Waals surface area contributed by atoms with Gasteiger partial charge in [-0.1, -0.05) is 12.1 Å². The Morgan fingerprint density at radius 2 is 1.79 bits per heavy atom. The van der Waals surface area contributed by atoms with Crippen LogP contribution >= 0.6 is 0 Å². The number of benzene rings is 1. The maximum atomic E-state index is 11.8. The van der Waals surface area contributed by atoms with E-state index in [0.29, 0.717) is 17.9 Å². The molecule has 0 bridgehead atoms. The molecule has 1 aromatic rings. The summed E-state index contributed by atoms with van der Waals surface area (Å²) in [6, 6.07) is 5.40. The number of nitrogens with zero attached hydrogens (tertiary/aromatic N) is 1. The summed E-state index contributed by atoms with van der Waals surface area (Å²) < 4.78 is 10.7. The van der Waals surface area contributed by atoms with Gasteiger partial charge in [0.05, 0.1) is 0 Å². The van der Waals surface area contributed by atoms with E-state index < -0.39 is 23.7 Å². The number of nitrogens with one attached hydrogen (secondary N) is 1. The van der Waals surface area contributed by atoms with Gasteiger partial charge in [-0.25, -0.2) is 9.59 Å². The van der Waals surface area contributed by atoms with Crippen LogP contribution in [0.2, 0.25) is 0 Å². The van der Waals surface area contributed by atoms with E-state index in [1.165, 1.54) is 0 Å². The highest BCUT2D eigenvalue weighted by molar-refractivity contribution is 5.81. The van der Waals surface area contributed by atoms with E-state index in [4.69, 9.17) is 9.47 Å². The molecule has 1 atom stereocenters. The van der Waals surface area contributed by atoms with Crippen molar-refractivity contribution in [2.75, 3.05) is 27.2 Å².